The minimum absolute atomic E-state index is 0.0403. The van der Waals surface area contributed by atoms with E-state index in [2.05, 4.69) is 4.98 Å². The van der Waals surface area contributed by atoms with E-state index in [0.29, 0.717) is 26.1 Å². The number of hydrogen-bond acceptors (Lipinski definition) is 5. The van der Waals surface area contributed by atoms with Gasteiger partial charge in [0.05, 0.1) is 6.33 Å². The van der Waals surface area contributed by atoms with E-state index < -0.39 is 11.2 Å². The summed E-state index contributed by atoms with van der Waals surface area (Å²) in [5.74, 6) is -0.146. The van der Waals surface area contributed by atoms with Gasteiger partial charge in [-0.05, 0) is 18.5 Å². The van der Waals surface area contributed by atoms with Crippen LogP contribution in [0.1, 0.15) is 12.0 Å². The lowest BCUT2D eigenvalue weighted by Crippen LogP contribution is -2.38. The molecule has 0 aliphatic carbocycles. The Morgan fingerprint density at radius 1 is 1.14 bits per heavy atom. The molecule has 0 saturated heterocycles. The number of amides is 1. The fourth-order valence-corrected chi connectivity index (χ4v) is 3.14. The minimum atomic E-state index is -0.472. The first-order valence-electron chi connectivity index (χ1n) is 9.06. The van der Waals surface area contributed by atoms with Crippen molar-refractivity contribution in [2.45, 2.75) is 19.5 Å². The molecule has 2 aromatic heterocycles. The molecule has 2 N–H and O–H groups in total. The largest absolute Gasteiger partial charge is 0.337 e. The van der Waals surface area contributed by atoms with E-state index in [0.717, 1.165) is 10.1 Å². The molecule has 148 valence electrons. The highest BCUT2D eigenvalue weighted by Crippen LogP contribution is 2.09. The van der Waals surface area contributed by atoms with Crippen LogP contribution in [0.4, 0.5) is 0 Å². The second-order valence-corrected chi connectivity index (χ2v) is 6.69. The van der Waals surface area contributed by atoms with Crippen LogP contribution in [-0.2, 0) is 32.0 Å². The van der Waals surface area contributed by atoms with Crippen molar-refractivity contribution in [1.29, 1.82) is 0 Å². The third-order valence-electron chi connectivity index (χ3n) is 4.72. The van der Waals surface area contributed by atoms with Crippen LogP contribution in [-0.4, -0.2) is 42.6 Å². The Kier molecular flexibility index (Phi) is 5.74. The van der Waals surface area contributed by atoms with Gasteiger partial charge in [0.25, 0.3) is 5.56 Å². The van der Waals surface area contributed by atoms with Gasteiger partial charge in [0.15, 0.2) is 11.2 Å². The van der Waals surface area contributed by atoms with Gasteiger partial charge in [0.1, 0.15) is 6.54 Å². The molecule has 0 bridgehead atoms. The van der Waals surface area contributed by atoms with Crippen LogP contribution in [0.25, 0.3) is 11.2 Å². The zero-order valence-electron chi connectivity index (χ0n) is 16.0. The molecule has 0 unspecified atom stereocenters. The molecule has 2 heterocycles. The number of benzene rings is 1. The summed E-state index contributed by atoms with van der Waals surface area (Å²) >= 11 is 0. The molecule has 3 rings (SSSR count). The average molecular weight is 384 g/mol. The number of carbonyl (C=O) groups excluding carboxylic acids is 1. The van der Waals surface area contributed by atoms with E-state index in [1.165, 1.54) is 22.5 Å². The summed E-state index contributed by atoms with van der Waals surface area (Å²) in [5, 5.41) is 0. The van der Waals surface area contributed by atoms with Gasteiger partial charge in [-0.3, -0.25) is 18.7 Å². The van der Waals surface area contributed by atoms with Crippen LogP contribution < -0.4 is 17.0 Å². The second-order valence-electron chi connectivity index (χ2n) is 6.69. The predicted octanol–water partition coefficient (Wildman–Crippen LogP) is -0.189. The van der Waals surface area contributed by atoms with Gasteiger partial charge in [0.2, 0.25) is 5.91 Å². The summed E-state index contributed by atoms with van der Waals surface area (Å²) in [5.41, 5.74) is 6.20. The fourth-order valence-electron chi connectivity index (χ4n) is 3.14. The molecular weight excluding hydrogens is 360 g/mol. The lowest BCUT2D eigenvalue weighted by Gasteiger charge is -2.23. The monoisotopic (exact) mass is 384 g/mol. The van der Waals surface area contributed by atoms with E-state index in [1.807, 2.05) is 30.3 Å². The molecule has 0 aliphatic rings. The van der Waals surface area contributed by atoms with Crippen LogP contribution in [0.3, 0.4) is 0 Å². The van der Waals surface area contributed by atoms with Gasteiger partial charge < -0.3 is 15.2 Å². The average Bonchev–Trinajstić information content (AvgIpc) is 3.12. The van der Waals surface area contributed by atoms with Crippen LogP contribution in [0.15, 0.2) is 46.2 Å². The molecule has 0 radical (unpaired) electrons. The van der Waals surface area contributed by atoms with Gasteiger partial charge in [-0.2, -0.15) is 0 Å². The maximum absolute atomic E-state index is 13.0. The number of rotatable bonds is 7. The number of aromatic nitrogens is 4. The van der Waals surface area contributed by atoms with Gasteiger partial charge in [-0.1, -0.05) is 30.3 Å². The van der Waals surface area contributed by atoms with Crippen molar-refractivity contribution in [1.82, 2.24) is 23.6 Å². The summed E-state index contributed by atoms with van der Waals surface area (Å²) in [6.07, 6.45) is 2.10. The molecule has 0 aliphatic heterocycles. The van der Waals surface area contributed by atoms with Crippen molar-refractivity contribution in [2.75, 3.05) is 13.1 Å². The molecule has 3 aromatic rings. The van der Waals surface area contributed by atoms with Crippen LogP contribution in [0.2, 0.25) is 0 Å². The maximum Gasteiger partial charge on any atom is 0.332 e. The standard InChI is InChI=1S/C19H24N6O3/c1-22-17-16(18(27)23(2)19(22)28)25(13-21-17)12-15(26)24(10-6-9-20)11-14-7-4-3-5-8-14/h3-5,7-8,13H,6,9-12,20H2,1-2H3. The summed E-state index contributed by atoms with van der Waals surface area (Å²) in [4.78, 5) is 43.5. The topological polar surface area (TPSA) is 108 Å². The Labute approximate surface area is 161 Å². The Balaban J connectivity index is 1.91. The van der Waals surface area contributed by atoms with Crippen molar-refractivity contribution in [3.05, 3.63) is 63.1 Å². The molecule has 0 spiro atoms. The number of carbonyl (C=O) groups is 1. The van der Waals surface area contributed by atoms with Crippen LogP contribution in [0, 0.1) is 0 Å². The fraction of sp³-hybridized carbons (Fsp3) is 0.368. The number of hydrogen-bond donors (Lipinski definition) is 1. The third-order valence-corrected chi connectivity index (χ3v) is 4.72. The Morgan fingerprint density at radius 2 is 1.86 bits per heavy atom. The summed E-state index contributed by atoms with van der Waals surface area (Å²) < 4.78 is 3.81. The van der Waals surface area contributed by atoms with E-state index in [4.69, 9.17) is 5.73 Å². The first-order valence-corrected chi connectivity index (χ1v) is 9.06. The molecule has 0 atom stereocenters. The molecule has 28 heavy (non-hydrogen) atoms. The van der Waals surface area contributed by atoms with E-state index in [-0.39, 0.29) is 23.6 Å². The van der Waals surface area contributed by atoms with Crippen molar-refractivity contribution < 1.29 is 4.79 Å². The highest BCUT2D eigenvalue weighted by Gasteiger charge is 2.19. The van der Waals surface area contributed by atoms with E-state index in [9.17, 15) is 14.4 Å². The normalized spacial score (nSPS) is 11.1. The highest BCUT2D eigenvalue weighted by molar-refractivity contribution is 5.79. The smallest absolute Gasteiger partial charge is 0.332 e. The van der Waals surface area contributed by atoms with Gasteiger partial charge in [-0.15, -0.1) is 0 Å². The summed E-state index contributed by atoms with van der Waals surface area (Å²) in [6.45, 7) is 1.42. The lowest BCUT2D eigenvalue weighted by atomic mass is 10.2. The molecule has 1 amide bonds. The van der Waals surface area contributed by atoms with Crippen molar-refractivity contribution >= 4 is 17.1 Å². The first kappa shape index (κ1) is 19.6. The van der Waals surface area contributed by atoms with Gasteiger partial charge in [-0.25, -0.2) is 9.78 Å². The maximum atomic E-state index is 13.0. The predicted molar refractivity (Wildman–Crippen MR) is 106 cm³/mol. The Morgan fingerprint density at radius 3 is 2.54 bits per heavy atom. The minimum Gasteiger partial charge on any atom is -0.337 e. The second kappa shape index (κ2) is 8.22. The summed E-state index contributed by atoms with van der Waals surface area (Å²) in [7, 11) is 2.96. The first-order chi connectivity index (χ1) is 13.4. The molecule has 0 fully saturated rings. The number of imidazole rings is 1. The third kappa shape index (κ3) is 3.74. The number of nitrogens with zero attached hydrogens (tertiary/aromatic N) is 5. The molecule has 9 nitrogen and oxygen atoms in total. The van der Waals surface area contributed by atoms with Crippen molar-refractivity contribution in [2.24, 2.45) is 19.8 Å². The molecule has 1 aromatic carbocycles. The highest BCUT2D eigenvalue weighted by atomic mass is 16.2. The quantitative estimate of drug-likeness (QED) is 0.607. The SMILES string of the molecule is Cn1c(=O)c2c(ncn2CC(=O)N(CCCN)Cc2ccccc2)n(C)c1=O. The van der Waals surface area contributed by atoms with Gasteiger partial charge >= 0.3 is 5.69 Å². The van der Waals surface area contributed by atoms with Crippen LogP contribution >= 0.6 is 0 Å². The molecule has 0 saturated carbocycles. The zero-order chi connectivity index (χ0) is 20.3. The van der Waals surface area contributed by atoms with Crippen molar-refractivity contribution in [3.8, 4) is 0 Å². The Bertz CT molecular complexity index is 1100. The zero-order valence-corrected chi connectivity index (χ0v) is 16.0. The number of aryl methyl sites for hydroxylation is 1. The molecule has 9 heteroatoms. The number of nitrogens with two attached hydrogens (primary N) is 1. The lowest BCUT2D eigenvalue weighted by molar-refractivity contribution is -0.132. The van der Waals surface area contributed by atoms with Gasteiger partial charge in [0, 0.05) is 27.2 Å². The van der Waals surface area contributed by atoms with Crippen LogP contribution in [0.5, 0.6) is 0 Å². The number of fused-ring (bicyclic) bond motifs is 1. The van der Waals surface area contributed by atoms with E-state index in [1.54, 1.807) is 11.9 Å². The Hall–Kier alpha value is -3.20. The molecular formula is C19H24N6O3. The van der Waals surface area contributed by atoms with Crippen molar-refractivity contribution in [3.63, 3.8) is 0 Å². The van der Waals surface area contributed by atoms with E-state index >= 15 is 0 Å². The summed E-state index contributed by atoms with van der Waals surface area (Å²) in [6, 6.07) is 9.69.